The van der Waals surface area contributed by atoms with Crippen LogP contribution in [0, 0.1) is 11.8 Å². The molecule has 0 atom stereocenters. The number of hydrogen-bond donors (Lipinski definition) is 0. The van der Waals surface area contributed by atoms with Gasteiger partial charge in [-0.05, 0) is 82.6 Å². The number of benzene rings is 1. The molecule has 4 rings (SSSR count). The van der Waals surface area contributed by atoms with E-state index in [1.54, 1.807) is 0 Å². The lowest BCUT2D eigenvalue weighted by Gasteiger charge is -2.40. The summed E-state index contributed by atoms with van der Waals surface area (Å²) in [6.45, 7) is 7.91. The van der Waals surface area contributed by atoms with Crippen LogP contribution in [0.15, 0.2) is 29.2 Å². The van der Waals surface area contributed by atoms with Crippen LogP contribution in [-0.4, -0.2) is 73.2 Å². The Bertz CT molecular complexity index is 977. The smallest absolute Gasteiger partial charge is 0.340 e. The van der Waals surface area contributed by atoms with Crippen molar-refractivity contribution in [1.29, 1.82) is 0 Å². The average molecular weight is 516 g/mol. The summed E-state index contributed by atoms with van der Waals surface area (Å²) in [5, 5.41) is 0. The highest BCUT2D eigenvalue weighted by Gasteiger charge is 2.40. The number of sulfonamides is 1. The van der Waals surface area contributed by atoms with Crippen molar-refractivity contribution in [3.8, 4) is 0 Å². The number of carbonyl (C=O) groups is 1. The predicted molar refractivity (Wildman–Crippen MR) is 127 cm³/mol. The van der Waals surface area contributed by atoms with E-state index in [1.807, 2.05) is 4.90 Å². The Morgan fingerprint density at radius 1 is 0.971 bits per heavy atom. The highest BCUT2D eigenvalue weighted by molar-refractivity contribution is 7.89. The van der Waals surface area contributed by atoms with Gasteiger partial charge in [0.2, 0.25) is 15.9 Å². The van der Waals surface area contributed by atoms with Gasteiger partial charge in [0.1, 0.15) is 0 Å². The Kier molecular flexibility index (Phi) is 7.83. The molecule has 196 valence electrons. The minimum atomic E-state index is -4.51. The van der Waals surface area contributed by atoms with E-state index >= 15 is 0 Å². The summed E-state index contributed by atoms with van der Waals surface area (Å²) in [4.78, 5) is 17.3. The van der Waals surface area contributed by atoms with Crippen molar-refractivity contribution in [2.24, 2.45) is 11.8 Å². The molecule has 0 N–H and O–H groups in total. The minimum absolute atomic E-state index is 0.0894. The summed E-state index contributed by atoms with van der Waals surface area (Å²) in [7, 11) is -3.93. The molecule has 1 saturated heterocycles. The number of hydrogen-bond acceptors (Lipinski definition) is 4. The fourth-order valence-electron chi connectivity index (χ4n) is 5.28. The van der Waals surface area contributed by atoms with E-state index in [-0.39, 0.29) is 22.8 Å². The Labute approximate surface area is 206 Å². The van der Waals surface area contributed by atoms with Crippen LogP contribution in [0.5, 0.6) is 0 Å². The van der Waals surface area contributed by atoms with Crippen LogP contribution in [0.2, 0.25) is 0 Å². The molecule has 2 aliphatic carbocycles. The molecule has 10 heteroatoms. The number of alkyl halides is 3. The predicted octanol–water partition coefficient (Wildman–Crippen LogP) is 4.22. The largest absolute Gasteiger partial charge is 0.416 e. The molecule has 6 nitrogen and oxygen atoms in total. The van der Waals surface area contributed by atoms with Gasteiger partial charge >= 0.3 is 6.18 Å². The van der Waals surface area contributed by atoms with Gasteiger partial charge in [0.15, 0.2) is 0 Å². The average Bonchev–Trinajstić information content (AvgIpc) is 3.66. The van der Waals surface area contributed by atoms with Crippen molar-refractivity contribution in [2.75, 3.05) is 32.7 Å². The highest BCUT2D eigenvalue weighted by atomic mass is 32.2. The second-order valence-corrected chi connectivity index (χ2v) is 12.4. The molecule has 0 spiro atoms. The highest BCUT2D eigenvalue weighted by Crippen LogP contribution is 2.38. The first-order valence-electron chi connectivity index (χ1n) is 12.7. The zero-order chi connectivity index (χ0) is 25.4. The van der Waals surface area contributed by atoms with E-state index in [0.717, 1.165) is 63.3 Å². The molecule has 0 aromatic heterocycles. The van der Waals surface area contributed by atoms with Gasteiger partial charge in [-0.3, -0.25) is 9.69 Å². The number of halogens is 3. The summed E-state index contributed by atoms with van der Waals surface area (Å²) in [6.07, 6.45) is -0.119. The van der Waals surface area contributed by atoms with Gasteiger partial charge < -0.3 is 4.90 Å². The lowest BCUT2D eigenvalue weighted by Crippen LogP contribution is -2.52. The number of nitrogens with zero attached hydrogens (tertiary/aromatic N) is 3. The SMILES string of the molecule is CC(C)N1CCN(C(=O)C2CCC(N(CC3CC3)S(=O)(=O)c3ccc(C(F)(F)F)cc3)CC2)CC1. The Morgan fingerprint density at radius 3 is 2.03 bits per heavy atom. The number of rotatable bonds is 7. The van der Waals surface area contributed by atoms with E-state index in [4.69, 9.17) is 0 Å². The molecule has 0 radical (unpaired) electrons. The number of carbonyl (C=O) groups excluding carboxylic acids is 1. The van der Waals surface area contributed by atoms with Gasteiger partial charge in [0.05, 0.1) is 10.5 Å². The minimum Gasteiger partial charge on any atom is -0.340 e. The lowest BCUT2D eigenvalue weighted by atomic mass is 9.85. The van der Waals surface area contributed by atoms with Gasteiger partial charge in [-0.2, -0.15) is 17.5 Å². The van der Waals surface area contributed by atoms with Crippen LogP contribution in [0.3, 0.4) is 0 Å². The van der Waals surface area contributed by atoms with Crippen molar-refractivity contribution >= 4 is 15.9 Å². The maximum atomic E-state index is 13.5. The van der Waals surface area contributed by atoms with E-state index in [1.165, 1.54) is 4.31 Å². The van der Waals surface area contributed by atoms with Crippen LogP contribution in [-0.2, 0) is 21.0 Å². The molecular weight excluding hydrogens is 479 g/mol. The molecule has 1 aliphatic heterocycles. The van der Waals surface area contributed by atoms with E-state index in [2.05, 4.69) is 18.7 Å². The quantitative estimate of drug-likeness (QED) is 0.546. The van der Waals surface area contributed by atoms with Crippen molar-refractivity contribution in [3.05, 3.63) is 29.8 Å². The maximum absolute atomic E-state index is 13.5. The summed E-state index contributed by atoms with van der Waals surface area (Å²) in [5.41, 5.74) is -0.863. The zero-order valence-electron chi connectivity index (χ0n) is 20.5. The Morgan fingerprint density at radius 2 is 1.54 bits per heavy atom. The fraction of sp³-hybridized carbons (Fsp3) is 0.720. The van der Waals surface area contributed by atoms with Crippen molar-refractivity contribution in [3.63, 3.8) is 0 Å². The molecule has 3 fully saturated rings. The van der Waals surface area contributed by atoms with Crippen LogP contribution < -0.4 is 0 Å². The molecule has 1 aromatic rings. The first kappa shape index (κ1) is 26.4. The van der Waals surface area contributed by atoms with Gasteiger partial charge in [0.25, 0.3) is 0 Å². The van der Waals surface area contributed by atoms with Crippen molar-refractivity contribution in [1.82, 2.24) is 14.1 Å². The van der Waals surface area contributed by atoms with Crippen LogP contribution in [0.4, 0.5) is 13.2 Å². The molecule has 0 bridgehead atoms. The third kappa shape index (κ3) is 6.20. The lowest BCUT2D eigenvalue weighted by molar-refractivity contribution is -0.139. The first-order valence-corrected chi connectivity index (χ1v) is 14.1. The van der Waals surface area contributed by atoms with Gasteiger partial charge in [-0.1, -0.05) is 0 Å². The molecule has 0 unspecified atom stereocenters. The standard InChI is InChI=1S/C25H36F3N3O3S/c1-18(2)29-13-15-30(16-14-29)24(32)20-5-9-22(10-6-20)31(17-19-3-4-19)35(33,34)23-11-7-21(8-12-23)25(26,27)28/h7-8,11-12,18-20,22H,3-6,9-10,13-17H2,1-2H3. The molecule has 3 aliphatic rings. The first-order chi connectivity index (χ1) is 16.5. The van der Waals surface area contributed by atoms with E-state index in [0.29, 0.717) is 44.2 Å². The zero-order valence-corrected chi connectivity index (χ0v) is 21.3. The molecule has 1 heterocycles. The molecule has 1 amide bonds. The van der Waals surface area contributed by atoms with Gasteiger partial charge in [-0.15, -0.1) is 0 Å². The summed E-state index contributed by atoms with van der Waals surface area (Å²) in [6, 6.07) is 4.01. The second kappa shape index (κ2) is 10.4. The topological polar surface area (TPSA) is 60.9 Å². The Balaban J connectivity index is 1.40. The number of amides is 1. The third-order valence-corrected chi connectivity index (χ3v) is 9.67. The molecular formula is C25H36F3N3O3S. The fourth-order valence-corrected chi connectivity index (χ4v) is 7.04. The van der Waals surface area contributed by atoms with Crippen LogP contribution >= 0.6 is 0 Å². The van der Waals surface area contributed by atoms with E-state index in [9.17, 15) is 26.4 Å². The molecule has 1 aromatic carbocycles. The van der Waals surface area contributed by atoms with Crippen molar-refractivity contribution in [2.45, 2.75) is 75.5 Å². The summed E-state index contributed by atoms with van der Waals surface area (Å²) >= 11 is 0. The monoisotopic (exact) mass is 515 g/mol. The number of piperazine rings is 1. The maximum Gasteiger partial charge on any atom is 0.416 e. The Hall–Kier alpha value is -1.65. The summed E-state index contributed by atoms with van der Waals surface area (Å²) < 4.78 is 67.3. The van der Waals surface area contributed by atoms with E-state index < -0.39 is 21.8 Å². The van der Waals surface area contributed by atoms with Crippen LogP contribution in [0.1, 0.15) is 57.9 Å². The van der Waals surface area contributed by atoms with Gasteiger partial charge in [0, 0.05) is 50.7 Å². The molecule has 2 saturated carbocycles. The van der Waals surface area contributed by atoms with Crippen LogP contribution in [0.25, 0.3) is 0 Å². The normalized spacial score (nSPS) is 24.8. The molecule has 35 heavy (non-hydrogen) atoms. The summed E-state index contributed by atoms with van der Waals surface area (Å²) in [5.74, 6) is 0.385. The van der Waals surface area contributed by atoms with Crippen molar-refractivity contribution < 1.29 is 26.4 Å². The third-order valence-electron chi connectivity index (χ3n) is 7.73. The van der Waals surface area contributed by atoms with Gasteiger partial charge in [-0.25, -0.2) is 8.42 Å². The second-order valence-electron chi connectivity index (χ2n) is 10.5.